The molecule has 0 saturated carbocycles. The number of hydrogen-bond donors (Lipinski definition) is 1. The van der Waals surface area contributed by atoms with E-state index in [9.17, 15) is 17.2 Å². The summed E-state index contributed by atoms with van der Waals surface area (Å²) in [6, 6.07) is 9.41. The Morgan fingerprint density at radius 1 is 1.14 bits per heavy atom. The molecule has 0 bridgehead atoms. The zero-order chi connectivity index (χ0) is 20.6. The minimum absolute atomic E-state index is 0.0814. The van der Waals surface area contributed by atoms with Gasteiger partial charge < -0.3 is 0 Å². The lowest BCUT2D eigenvalue weighted by Gasteiger charge is -2.07. The number of nitrogens with one attached hydrogen (secondary N) is 1. The zero-order valence-corrected chi connectivity index (χ0v) is 17.0. The first-order valence-electron chi connectivity index (χ1n) is 8.38. The van der Waals surface area contributed by atoms with Crippen molar-refractivity contribution in [2.75, 3.05) is 6.54 Å². The van der Waals surface area contributed by atoms with E-state index in [2.05, 4.69) is 14.8 Å². The van der Waals surface area contributed by atoms with Crippen molar-refractivity contribution in [3.05, 3.63) is 70.2 Å². The van der Waals surface area contributed by atoms with Crippen molar-refractivity contribution >= 4 is 37.9 Å². The average Bonchev–Trinajstić information content (AvgIpc) is 3.26. The lowest BCUT2D eigenvalue weighted by Crippen LogP contribution is -2.26. The predicted molar refractivity (Wildman–Crippen MR) is 107 cm³/mol. The van der Waals surface area contributed by atoms with Gasteiger partial charge in [0.15, 0.2) is 5.82 Å². The van der Waals surface area contributed by atoms with Crippen LogP contribution in [0.4, 0.5) is 8.78 Å². The molecule has 2 heterocycles. The van der Waals surface area contributed by atoms with E-state index in [-0.39, 0.29) is 22.3 Å². The molecule has 0 fully saturated rings. The molecule has 2 aromatic heterocycles. The fraction of sp³-hybridized carbons (Fsp3) is 0.111. The van der Waals surface area contributed by atoms with Gasteiger partial charge in [0.25, 0.3) is 0 Å². The van der Waals surface area contributed by atoms with Crippen LogP contribution >= 0.6 is 22.9 Å². The number of aromatic nitrogens is 3. The van der Waals surface area contributed by atoms with E-state index in [4.69, 9.17) is 11.6 Å². The van der Waals surface area contributed by atoms with Crippen molar-refractivity contribution in [2.24, 2.45) is 0 Å². The van der Waals surface area contributed by atoms with Crippen LogP contribution in [0, 0.1) is 11.6 Å². The molecule has 6 nitrogen and oxygen atoms in total. The first-order chi connectivity index (χ1) is 13.8. The second-order valence-electron chi connectivity index (χ2n) is 6.06. The molecule has 0 amide bonds. The number of hydrogen-bond acceptors (Lipinski definition) is 5. The molecule has 0 radical (unpaired) electrons. The summed E-state index contributed by atoms with van der Waals surface area (Å²) < 4.78 is 55.9. The molecule has 11 heteroatoms. The monoisotopic (exact) mass is 454 g/mol. The zero-order valence-electron chi connectivity index (χ0n) is 14.6. The summed E-state index contributed by atoms with van der Waals surface area (Å²) >= 11 is 6.98. The third-order valence-electron chi connectivity index (χ3n) is 4.14. The second-order valence-corrected chi connectivity index (χ2v) is 9.07. The summed E-state index contributed by atoms with van der Waals surface area (Å²) in [5.41, 5.74) is 1.02. The molecule has 0 unspecified atom stereocenters. The van der Waals surface area contributed by atoms with Crippen LogP contribution in [0.25, 0.3) is 16.3 Å². The molecule has 2 aromatic carbocycles. The highest BCUT2D eigenvalue weighted by Gasteiger charge is 2.17. The van der Waals surface area contributed by atoms with Gasteiger partial charge in [0.2, 0.25) is 15.0 Å². The number of nitrogens with zero attached hydrogens (tertiary/aromatic N) is 3. The van der Waals surface area contributed by atoms with Gasteiger partial charge in [0, 0.05) is 18.3 Å². The van der Waals surface area contributed by atoms with Crippen LogP contribution in [0.3, 0.4) is 0 Å². The summed E-state index contributed by atoms with van der Waals surface area (Å²) in [7, 11) is -3.84. The third kappa shape index (κ3) is 4.01. The Balaban J connectivity index is 1.50. The van der Waals surface area contributed by atoms with Gasteiger partial charge >= 0.3 is 0 Å². The highest BCUT2D eigenvalue weighted by Crippen LogP contribution is 2.23. The minimum Gasteiger partial charge on any atom is -0.211 e. The van der Waals surface area contributed by atoms with Crippen LogP contribution in [0.15, 0.2) is 52.7 Å². The summed E-state index contributed by atoms with van der Waals surface area (Å²) in [5.74, 6) is -0.848. The van der Waals surface area contributed by atoms with Crippen molar-refractivity contribution in [3.63, 3.8) is 0 Å². The van der Waals surface area contributed by atoms with E-state index in [0.29, 0.717) is 16.9 Å². The van der Waals surface area contributed by atoms with Crippen molar-refractivity contribution in [1.29, 1.82) is 0 Å². The number of rotatable bonds is 6. The van der Waals surface area contributed by atoms with Crippen LogP contribution in [0.5, 0.6) is 0 Å². The fourth-order valence-corrected chi connectivity index (χ4v) is 4.85. The number of benzene rings is 2. The summed E-state index contributed by atoms with van der Waals surface area (Å²) in [4.78, 5) is 4.78. The molecule has 0 atom stereocenters. The molecule has 150 valence electrons. The SMILES string of the molecule is O=S(=O)(NCCc1csc2nc(-c3ccccc3F)nn12)c1ccc(F)c(Cl)c1. The number of sulfonamides is 1. The average molecular weight is 455 g/mol. The molecule has 1 N–H and O–H groups in total. The molecular weight excluding hydrogens is 442 g/mol. The molecule has 4 aromatic rings. The van der Waals surface area contributed by atoms with E-state index < -0.39 is 21.7 Å². The van der Waals surface area contributed by atoms with Gasteiger partial charge in [-0.15, -0.1) is 16.4 Å². The van der Waals surface area contributed by atoms with Crippen LogP contribution in [-0.4, -0.2) is 29.6 Å². The van der Waals surface area contributed by atoms with Gasteiger partial charge in [0.1, 0.15) is 11.6 Å². The van der Waals surface area contributed by atoms with E-state index in [1.807, 2.05) is 5.38 Å². The number of thiazole rings is 1. The highest BCUT2D eigenvalue weighted by molar-refractivity contribution is 7.89. The van der Waals surface area contributed by atoms with Crippen molar-refractivity contribution < 1.29 is 17.2 Å². The summed E-state index contributed by atoms with van der Waals surface area (Å²) in [5, 5.41) is 5.88. The molecule has 0 spiro atoms. The van der Waals surface area contributed by atoms with Gasteiger partial charge in [-0.1, -0.05) is 23.7 Å². The Labute approximate surface area is 173 Å². The quantitative estimate of drug-likeness (QED) is 0.479. The fourth-order valence-electron chi connectivity index (χ4n) is 2.69. The maximum Gasteiger partial charge on any atom is 0.240 e. The number of halogens is 3. The van der Waals surface area contributed by atoms with Gasteiger partial charge in [-0.25, -0.2) is 26.4 Å². The molecule has 0 aliphatic rings. The number of fused-ring (bicyclic) bond motifs is 1. The van der Waals surface area contributed by atoms with Crippen LogP contribution in [0.2, 0.25) is 5.02 Å². The Morgan fingerprint density at radius 2 is 1.93 bits per heavy atom. The van der Waals surface area contributed by atoms with E-state index in [1.165, 1.54) is 17.4 Å². The lowest BCUT2D eigenvalue weighted by molar-refractivity contribution is 0.580. The predicted octanol–water partition coefficient (Wildman–Crippen LogP) is 3.91. The minimum atomic E-state index is -3.84. The largest absolute Gasteiger partial charge is 0.240 e. The summed E-state index contributed by atoms with van der Waals surface area (Å²) in [6.07, 6.45) is 0.328. The van der Waals surface area contributed by atoms with Gasteiger partial charge in [-0.2, -0.15) is 4.98 Å². The molecule has 0 aliphatic heterocycles. The molecule has 0 saturated heterocycles. The molecule has 4 rings (SSSR count). The Bertz CT molecular complexity index is 1300. The first-order valence-corrected chi connectivity index (χ1v) is 11.1. The van der Waals surface area contributed by atoms with Crippen LogP contribution < -0.4 is 4.72 Å². The highest BCUT2D eigenvalue weighted by atomic mass is 35.5. The topological polar surface area (TPSA) is 76.4 Å². The van der Waals surface area contributed by atoms with E-state index >= 15 is 0 Å². The van der Waals surface area contributed by atoms with Gasteiger partial charge in [-0.3, -0.25) is 0 Å². The Hall–Kier alpha value is -2.40. The Morgan fingerprint density at radius 3 is 2.69 bits per heavy atom. The van der Waals surface area contributed by atoms with Gasteiger partial charge in [-0.05, 0) is 30.3 Å². The van der Waals surface area contributed by atoms with E-state index in [0.717, 1.165) is 23.9 Å². The van der Waals surface area contributed by atoms with Crippen LogP contribution in [0.1, 0.15) is 5.69 Å². The normalized spacial score (nSPS) is 12.0. The van der Waals surface area contributed by atoms with Crippen molar-refractivity contribution in [1.82, 2.24) is 19.3 Å². The molecule has 29 heavy (non-hydrogen) atoms. The smallest absolute Gasteiger partial charge is 0.211 e. The van der Waals surface area contributed by atoms with Crippen LogP contribution in [-0.2, 0) is 16.4 Å². The third-order valence-corrected chi connectivity index (χ3v) is 6.75. The lowest BCUT2D eigenvalue weighted by atomic mass is 10.2. The summed E-state index contributed by atoms with van der Waals surface area (Å²) in [6.45, 7) is 0.0814. The maximum absolute atomic E-state index is 14.0. The maximum atomic E-state index is 14.0. The standard InChI is InChI=1S/C18H13ClF2N4O2S2/c19-14-9-12(5-6-16(14)21)29(26,27)22-8-7-11-10-28-18-23-17(24-25(11)18)13-3-1-2-4-15(13)20/h1-6,9-10,22H,7-8H2. The van der Waals surface area contributed by atoms with Crippen molar-refractivity contribution in [3.8, 4) is 11.4 Å². The van der Waals surface area contributed by atoms with E-state index in [1.54, 1.807) is 22.7 Å². The van der Waals surface area contributed by atoms with Gasteiger partial charge in [0.05, 0.1) is 21.2 Å². The Kier molecular flexibility index (Phi) is 5.34. The second kappa shape index (κ2) is 7.79. The first kappa shape index (κ1) is 19.9. The molecular formula is C18H13ClF2N4O2S2. The molecule has 0 aliphatic carbocycles. The van der Waals surface area contributed by atoms with Crippen molar-refractivity contribution in [2.45, 2.75) is 11.3 Å².